The van der Waals surface area contributed by atoms with Gasteiger partial charge in [-0.15, -0.1) is 0 Å². The van der Waals surface area contributed by atoms with Crippen molar-refractivity contribution >= 4 is 34.7 Å². The minimum atomic E-state index is -1.59. The molecule has 4 amide bonds. The lowest BCUT2D eigenvalue weighted by atomic mass is 9.98. The average molecular weight is 690 g/mol. The normalized spacial score (nSPS) is 13.3. The maximum atomic E-state index is 14.1. The first kappa shape index (κ1) is 36.3. The fraction of sp³-hybridized carbons (Fsp3) is 0.250. The maximum Gasteiger partial charge on any atom is 0.408 e. The van der Waals surface area contributed by atoms with Gasteiger partial charge in [0.05, 0.1) is 6.04 Å². The first-order valence-electron chi connectivity index (χ1n) is 16.8. The van der Waals surface area contributed by atoms with Crippen molar-refractivity contribution in [3.05, 3.63) is 144 Å². The van der Waals surface area contributed by atoms with Crippen LogP contribution in [0, 0.1) is 0 Å². The van der Waals surface area contributed by atoms with Gasteiger partial charge in [0, 0.05) is 37.1 Å². The Bertz CT molecular complexity index is 1900. The molecule has 1 heterocycles. The van der Waals surface area contributed by atoms with Crippen LogP contribution in [-0.4, -0.2) is 70.1 Å². The van der Waals surface area contributed by atoms with Gasteiger partial charge in [0.1, 0.15) is 18.7 Å². The van der Waals surface area contributed by atoms with Crippen molar-refractivity contribution in [2.45, 2.75) is 57.1 Å². The molecule has 0 aliphatic carbocycles. The van der Waals surface area contributed by atoms with E-state index < -0.39 is 48.0 Å². The Hall–Kier alpha value is -5.94. The van der Waals surface area contributed by atoms with Gasteiger partial charge in [-0.3, -0.25) is 14.4 Å². The number of ether oxygens (including phenoxy) is 1. The second kappa shape index (κ2) is 17.6. The predicted molar refractivity (Wildman–Crippen MR) is 194 cm³/mol. The lowest BCUT2D eigenvalue weighted by Gasteiger charge is -2.29. The summed E-state index contributed by atoms with van der Waals surface area (Å²) in [7, 11) is 1.60. The highest BCUT2D eigenvalue weighted by Gasteiger charge is 2.33. The third-order valence-electron chi connectivity index (χ3n) is 8.57. The topological polar surface area (TPSA) is 153 Å². The molecule has 51 heavy (non-hydrogen) atoms. The van der Waals surface area contributed by atoms with E-state index in [0.29, 0.717) is 0 Å². The molecule has 5 N–H and O–H groups in total. The van der Waals surface area contributed by atoms with Crippen LogP contribution in [0.25, 0.3) is 10.9 Å². The highest BCUT2D eigenvalue weighted by molar-refractivity contribution is 5.93. The highest BCUT2D eigenvalue weighted by Crippen LogP contribution is 2.20. The van der Waals surface area contributed by atoms with Crippen molar-refractivity contribution in [3.8, 4) is 0 Å². The summed E-state index contributed by atoms with van der Waals surface area (Å²) in [6, 6.07) is 32.1. The molecule has 11 heteroatoms. The number of aliphatic hydroxyl groups excluding tert-OH is 1. The summed E-state index contributed by atoms with van der Waals surface area (Å²) in [5.74, 6) is -1.79. The van der Waals surface area contributed by atoms with Crippen LogP contribution in [0.3, 0.4) is 0 Å². The molecule has 5 rings (SSSR count). The fourth-order valence-electron chi connectivity index (χ4n) is 5.76. The van der Waals surface area contributed by atoms with Crippen LogP contribution in [0.15, 0.2) is 121 Å². The van der Waals surface area contributed by atoms with E-state index in [1.54, 1.807) is 13.2 Å². The monoisotopic (exact) mass is 689 g/mol. The number of carbonyl (C=O) groups is 4. The molecule has 1 unspecified atom stereocenters. The van der Waals surface area contributed by atoms with E-state index in [9.17, 15) is 24.3 Å². The number of hydrogen-bond donors (Lipinski definition) is 5. The zero-order valence-electron chi connectivity index (χ0n) is 28.6. The molecule has 1 aromatic heterocycles. The van der Waals surface area contributed by atoms with Crippen LogP contribution >= 0.6 is 0 Å². The lowest BCUT2D eigenvalue weighted by molar-refractivity contribution is -0.142. The number of nitrogens with one attached hydrogen (secondary N) is 4. The number of aliphatic hydroxyl groups is 1. The highest BCUT2D eigenvalue weighted by atomic mass is 16.5. The van der Waals surface area contributed by atoms with Gasteiger partial charge in [0.25, 0.3) is 5.91 Å². The van der Waals surface area contributed by atoms with Gasteiger partial charge in [-0.25, -0.2) is 4.79 Å². The van der Waals surface area contributed by atoms with Crippen LogP contribution in [0.4, 0.5) is 4.79 Å². The zero-order valence-corrected chi connectivity index (χ0v) is 28.6. The summed E-state index contributed by atoms with van der Waals surface area (Å²) in [6.07, 6.45) is -0.367. The molecule has 0 bridgehead atoms. The standard InChI is InChI=1S/C40H43N5O6/c1-27(42-40(50)51-26-30-18-10-5-11-19-30)37(47)44-35(23-31-24-41-33-21-13-12-20-32(31)33)38(48)43-34(22-28-14-6-3-7-15-28)36(46)39(49)45(2)25-29-16-8-4-9-17-29/h3-21,24,27,34-36,41,46H,22-23,25-26H2,1-2H3,(H,42,50)(H,43,48)(H,44,47)/t27-,34-,35-,36?/m0/s1. The molecule has 5 aromatic rings. The summed E-state index contributed by atoms with van der Waals surface area (Å²) < 4.78 is 5.27. The maximum absolute atomic E-state index is 14.1. The smallest absolute Gasteiger partial charge is 0.408 e. The molecule has 0 saturated carbocycles. The largest absolute Gasteiger partial charge is 0.445 e. The van der Waals surface area contributed by atoms with E-state index in [1.807, 2.05) is 115 Å². The van der Waals surface area contributed by atoms with E-state index in [-0.39, 0.29) is 26.0 Å². The molecule has 0 saturated heterocycles. The number of likely N-dealkylation sites (N-methyl/N-ethyl adjacent to an activating group) is 1. The Kier molecular flexibility index (Phi) is 12.6. The first-order chi connectivity index (χ1) is 24.7. The summed E-state index contributed by atoms with van der Waals surface area (Å²) in [6.45, 7) is 1.78. The number of carbonyl (C=O) groups excluding carboxylic acids is 4. The van der Waals surface area contributed by atoms with Crippen LogP contribution in [0.5, 0.6) is 0 Å². The van der Waals surface area contributed by atoms with E-state index in [1.165, 1.54) is 11.8 Å². The van der Waals surface area contributed by atoms with E-state index in [4.69, 9.17) is 4.74 Å². The molecule has 0 aliphatic rings. The van der Waals surface area contributed by atoms with Crippen molar-refractivity contribution in [3.63, 3.8) is 0 Å². The second-order valence-electron chi connectivity index (χ2n) is 12.5. The van der Waals surface area contributed by atoms with Gasteiger partial charge in [0.2, 0.25) is 11.8 Å². The van der Waals surface area contributed by atoms with Crippen molar-refractivity contribution < 1.29 is 29.0 Å². The first-order valence-corrected chi connectivity index (χ1v) is 16.8. The lowest BCUT2D eigenvalue weighted by Crippen LogP contribution is -2.58. The number of aromatic nitrogens is 1. The third kappa shape index (κ3) is 10.3. The molecule has 11 nitrogen and oxygen atoms in total. The number of amides is 4. The second-order valence-corrected chi connectivity index (χ2v) is 12.5. The van der Waals surface area contributed by atoms with Crippen LogP contribution in [-0.2, 0) is 45.1 Å². The number of rotatable bonds is 15. The summed E-state index contributed by atoms with van der Waals surface area (Å²) >= 11 is 0. The molecule has 0 aliphatic heterocycles. The van der Waals surface area contributed by atoms with Gasteiger partial charge >= 0.3 is 6.09 Å². The Morgan fingerprint density at radius 1 is 0.725 bits per heavy atom. The van der Waals surface area contributed by atoms with E-state index in [0.717, 1.165) is 33.2 Å². The SMILES string of the molecule is C[C@H](NC(=O)OCc1ccccc1)C(=O)N[C@@H](Cc1c[nH]c2ccccc12)C(=O)N[C@@H](Cc1ccccc1)C(O)C(=O)N(C)Cc1ccccc1. The minimum Gasteiger partial charge on any atom is -0.445 e. The number of aromatic amines is 1. The van der Waals surface area contributed by atoms with Crippen molar-refractivity contribution in [2.24, 2.45) is 0 Å². The number of fused-ring (bicyclic) bond motifs is 1. The molecule has 0 fully saturated rings. The summed E-state index contributed by atoms with van der Waals surface area (Å²) in [5, 5.41) is 20.5. The van der Waals surface area contributed by atoms with E-state index >= 15 is 0 Å². The molecule has 4 aromatic carbocycles. The zero-order chi connectivity index (χ0) is 36.2. The fourth-order valence-corrected chi connectivity index (χ4v) is 5.76. The Balaban J connectivity index is 1.33. The van der Waals surface area contributed by atoms with Gasteiger partial charge in [-0.1, -0.05) is 109 Å². The quantitative estimate of drug-likeness (QED) is 0.111. The molecule has 0 spiro atoms. The van der Waals surface area contributed by atoms with Gasteiger partial charge in [0.15, 0.2) is 6.10 Å². The van der Waals surface area contributed by atoms with Crippen LogP contribution in [0.1, 0.15) is 29.2 Å². The van der Waals surface area contributed by atoms with Gasteiger partial charge in [-0.05, 0) is 41.7 Å². The Morgan fingerprint density at radius 3 is 1.98 bits per heavy atom. The number of hydrogen-bond acceptors (Lipinski definition) is 6. The molecule has 264 valence electrons. The summed E-state index contributed by atoms with van der Waals surface area (Å²) in [5.41, 5.74) is 4.10. The minimum absolute atomic E-state index is 0.0248. The number of H-pyrrole nitrogens is 1. The Morgan fingerprint density at radius 2 is 1.31 bits per heavy atom. The molecular formula is C40H43N5O6. The van der Waals surface area contributed by atoms with Crippen molar-refractivity contribution in [1.82, 2.24) is 25.8 Å². The molecule has 0 radical (unpaired) electrons. The van der Waals surface area contributed by atoms with Crippen LogP contribution < -0.4 is 16.0 Å². The van der Waals surface area contributed by atoms with Gasteiger partial charge in [-0.2, -0.15) is 0 Å². The Labute approximate surface area is 297 Å². The number of alkyl carbamates (subject to hydrolysis) is 1. The van der Waals surface area contributed by atoms with Crippen molar-refractivity contribution in [2.75, 3.05) is 7.05 Å². The third-order valence-corrected chi connectivity index (χ3v) is 8.57. The summed E-state index contributed by atoms with van der Waals surface area (Å²) in [4.78, 5) is 58.3. The number of benzene rings is 4. The number of nitrogens with zero attached hydrogens (tertiary/aromatic N) is 1. The van der Waals surface area contributed by atoms with Crippen LogP contribution in [0.2, 0.25) is 0 Å². The van der Waals surface area contributed by atoms with E-state index in [2.05, 4.69) is 20.9 Å². The van der Waals surface area contributed by atoms with Gasteiger partial charge < -0.3 is 35.7 Å². The number of para-hydroxylation sites is 1. The predicted octanol–water partition coefficient (Wildman–Crippen LogP) is 4.26. The average Bonchev–Trinajstić information content (AvgIpc) is 3.56. The van der Waals surface area contributed by atoms with Crippen molar-refractivity contribution in [1.29, 1.82) is 0 Å². The molecular weight excluding hydrogens is 646 g/mol. The molecule has 4 atom stereocenters.